The molecule has 0 radical (unpaired) electrons. The highest BCUT2D eigenvalue weighted by atomic mass is 16.5. The second-order valence-electron chi connectivity index (χ2n) is 6.13. The molecule has 0 aliphatic heterocycles. The molecule has 3 rings (SSSR count). The number of rotatable bonds is 6. The Morgan fingerprint density at radius 1 is 1.19 bits per heavy atom. The highest BCUT2D eigenvalue weighted by Crippen LogP contribution is 2.20. The van der Waals surface area contributed by atoms with Gasteiger partial charge in [-0.3, -0.25) is 4.79 Å². The van der Waals surface area contributed by atoms with E-state index in [1.807, 2.05) is 19.1 Å². The van der Waals surface area contributed by atoms with Gasteiger partial charge in [-0.15, -0.1) is 0 Å². The number of aromatic hydroxyl groups is 1. The lowest BCUT2D eigenvalue weighted by Gasteiger charge is -2.14. The lowest BCUT2D eigenvalue weighted by molar-refractivity contribution is -0.141. The molecule has 2 aromatic carbocycles. The van der Waals surface area contributed by atoms with Crippen molar-refractivity contribution in [1.82, 2.24) is 10.5 Å². The summed E-state index contributed by atoms with van der Waals surface area (Å²) < 4.78 is 5.19. The number of fused-ring (bicyclic) bond motifs is 1. The van der Waals surface area contributed by atoms with Crippen LogP contribution in [0.5, 0.6) is 5.75 Å². The van der Waals surface area contributed by atoms with E-state index in [0.29, 0.717) is 16.8 Å². The summed E-state index contributed by atoms with van der Waals surface area (Å²) in [4.78, 5) is 23.8. The van der Waals surface area contributed by atoms with Crippen molar-refractivity contribution >= 4 is 22.8 Å². The molecule has 1 atom stereocenters. The molecule has 7 heteroatoms. The van der Waals surface area contributed by atoms with Crippen LogP contribution in [0.4, 0.5) is 0 Å². The average molecular weight is 354 g/mol. The van der Waals surface area contributed by atoms with E-state index in [1.165, 1.54) is 12.1 Å². The van der Waals surface area contributed by atoms with Crippen LogP contribution in [0.3, 0.4) is 0 Å². The van der Waals surface area contributed by atoms with Gasteiger partial charge < -0.3 is 20.1 Å². The van der Waals surface area contributed by atoms with E-state index in [0.717, 1.165) is 10.9 Å². The van der Waals surface area contributed by atoms with Gasteiger partial charge in [0.25, 0.3) is 0 Å². The van der Waals surface area contributed by atoms with Gasteiger partial charge in [-0.1, -0.05) is 28.9 Å². The van der Waals surface area contributed by atoms with E-state index in [-0.39, 0.29) is 18.6 Å². The number of nitrogens with one attached hydrogen (secondary N) is 1. The molecule has 1 heterocycles. The summed E-state index contributed by atoms with van der Waals surface area (Å²) in [6, 6.07) is 10.6. The number of hydrogen-bond donors (Lipinski definition) is 3. The van der Waals surface area contributed by atoms with E-state index in [2.05, 4.69) is 10.5 Å². The van der Waals surface area contributed by atoms with Gasteiger partial charge in [0.1, 0.15) is 17.5 Å². The van der Waals surface area contributed by atoms with E-state index in [9.17, 15) is 19.8 Å². The number of amides is 1. The first-order valence-electron chi connectivity index (χ1n) is 8.07. The van der Waals surface area contributed by atoms with Crippen LogP contribution in [-0.4, -0.2) is 33.3 Å². The fourth-order valence-corrected chi connectivity index (χ4v) is 2.70. The van der Waals surface area contributed by atoms with Gasteiger partial charge in [0.2, 0.25) is 5.91 Å². The molecule has 0 saturated heterocycles. The van der Waals surface area contributed by atoms with Gasteiger partial charge in [-0.25, -0.2) is 4.79 Å². The van der Waals surface area contributed by atoms with Crippen LogP contribution in [-0.2, 0) is 22.4 Å². The van der Waals surface area contributed by atoms with Crippen molar-refractivity contribution in [2.24, 2.45) is 0 Å². The van der Waals surface area contributed by atoms with Gasteiger partial charge in [-0.05, 0) is 36.8 Å². The quantitative estimate of drug-likeness (QED) is 0.625. The Labute approximate surface area is 149 Å². The third kappa shape index (κ3) is 4.00. The Hall–Kier alpha value is -3.35. The van der Waals surface area contributed by atoms with E-state index in [4.69, 9.17) is 4.52 Å². The highest BCUT2D eigenvalue weighted by Gasteiger charge is 2.22. The smallest absolute Gasteiger partial charge is 0.326 e. The summed E-state index contributed by atoms with van der Waals surface area (Å²) >= 11 is 0. The number of carboxylic acid groups (broad SMARTS) is 1. The van der Waals surface area contributed by atoms with Crippen molar-refractivity contribution in [3.63, 3.8) is 0 Å². The third-order valence-electron chi connectivity index (χ3n) is 4.04. The number of carbonyl (C=O) groups is 2. The number of phenolic OH excluding ortho intramolecular Hbond substituents is 1. The second kappa shape index (κ2) is 7.26. The maximum Gasteiger partial charge on any atom is 0.326 e. The summed E-state index contributed by atoms with van der Waals surface area (Å²) in [5.74, 6) is -1.49. The Balaban J connectivity index is 1.70. The molecule has 3 N–H and O–H groups in total. The van der Waals surface area contributed by atoms with Crippen LogP contribution in [0.25, 0.3) is 11.0 Å². The maximum atomic E-state index is 12.3. The molecular formula is C19H18N2O5. The largest absolute Gasteiger partial charge is 0.508 e. The van der Waals surface area contributed by atoms with Gasteiger partial charge in [0.15, 0.2) is 5.58 Å². The number of aromatic nitrogens is 1. The molecule has 0 spiro atoms. The number of phenols is 1. The molecule has 1 aromatic heterocycles. The zero-order valence-electron chi connectivity index (χ0n) is 14.1. The zero-order valence-corrected chi connectivity index (χ0v) is 14.1. The fourth-order valence-electron chi connectivity index (χ4n) is 2.70. The average Bonchev–Trinajstić information content (AvgIpc) is 2.98. The molecule has 0 bridgehead atoms. The molecule has 1 unspecified atom stereocenters. The van der Waals surface area contributed by atoms with Gasteiger partial charge >= 0.3 is 5.97 Å². The number of carbonyl (C=O) groups excluding carboxylic acids is 1. The minimum Gasteiger partial charge on any atom is -0.508 e. The molecule has 3 aromatic rings. The number of carboxylic acids is 1. The van der Waals surface area contributed by atoms with Gasteiger partial charge in [0, 0.05) is 11.8 Å². The number of aliphatic carboxylic acids is 1. The first kappa shape index (κ1) is 17.5. The minimum absolute atomic E-state index is 0.0736. The molecule has 134 valence electrons. The van der Waals surface area contributed by atoms with Crippen LogP contribution in [0, 0.1) is 6.92 Å². The van der Waals surface area contributed by atoms with Crippen LogP contribution in [0.15, 0.2) is 47.0 Å². The Bertz CT molecular complexity index is 946. The Morgan fingerprint density at radius 2 is 1.92 bits per heavy atom. The summed E-state index contributed by atoms with van der Waals surface area (Å²) in [5, 5.41) is 25.8. The normalized spacial score (nSPS) is 12.0. The molecule has 0 aliphatic carbocycles. The SMILES string of the molecule is Cc1ccc2onc(CC(=O)NC(Cc3ccc(O)cc3)C(=O)O)c2c1. The number of hydrogen-bond acceptors (Lipinski definition) is 5. The first-order chi connectivity index (χ1) is 12.4. The molecule has 7 nitrogen and oxygen atoms in total. The monoisotopic (exact) mass is 354 g/mol. The number of nitrogens with zero attached hydrogens (tertiary/aromatic N) is 1. The molecular weight excluding hydrogens is 336 g/mol. The van der Waals surface area contributed by atoms with E-state index in [1.54, 1.807) is 18.2 Å². The summed E-state index contributed by atoms with van der Waals surface area (Å²) in [5.41, 5.74) is 2.75. The van der Waals surface area contributed by atoms with Crippen LogP contribution in [0.2, 0.25) is 0 Å². The standard InChI is InChI=1S/C19H18N2O5/c1-11-2-7-17-14(8-11)15(21-26-17)10-18(23)20-16(19(24)25)9-12-3-5-13(22)6-4-12/h2-8,16,22H,9-10H2,1H3,(H,20,23)(H,24,25). The number of benzene rings is 2. The summed E-state index contributed by atoms with van der Waals surface area (Å²) in [6.07, 6.45) is 0.0375. The fraction of sp³-hybridized carbons (Fsp3) is 0.211. The molecule has 1 amide bonds. The van der Waals surface area contributed by atoms with Crippen LogP contribution >= 0.6 is 0 Å². The maximum absolute atomic E-state index is 12.3. The predicted octanol–water partition coefficient (Wildman–Crippen LogP) is 2.20. The summed E-state index contributed by atoms with van der Waals surface area (Å²) in [6.45, 7) is 1.93. The topological polar surface area (TPSA) is 113 Å². The van der Waals surface area contributed by atoms with Gasteiger partial charge in [-0.2, -0.15) is 0 Å². The second-order valence-corrected chi connectivity index (χ2v) is 6.13. The molecule has 0 aliphatic rings. The first-order valence-corrected chi connectivity index (χ1v) is 8.07. The van der Waals surface area contributed by atoms with Crippen molar-refractivity contribution in [3.8, 4) is 5.75 Å². The van der Waals surface area contributed by atoms with Gasteiger partial charge in [0.05, 0.1) is 6.42 Å². The van der Waals surface area contributed by atoms with Crippen molar-refractivity contribution < 1.29 is 24.3 Å². The number of aryl methyl sites for hydroxylation is 1. The van der Waals surface area contributed by atoms with Crippen LogP contribution < -0.4 is 5.32 Å². The highest BCUT2D eigenvalue weighted by molar-refractivity contribution is 5.89. The third-order valence-corrected chi connectivity index (χ3v) is 4.04. The zero-order chi connectivity index (χ0) is 18.7. The Morgan fingerprint density at radius 3 is 2.62 bits per heavy atom. The summed E-state index contributed by atoms with van der Waals surface area (Å²) in [7, 11) is 0. The minimum atomic E-state index is -1.13. The lowest BCUT2D eigenvalue weighted by atomic mass is 10.1. The molecule has 0 saturated carbocycles. The Kier molecular flexibility index (Phi) is 4.88. The van der Waals surface area contributed by atoms with Crippen molar-refractivity contribution in [3.05, 3.63) is 59.3 Å². The molecule has 0 fully saturated rings. The van der Waals surface area contributed by atoms with Crippen molar-refractivity contribution in [2.45, 2.75) is 25.8 Å². The van der Waals surface area contributed by atoms with E-state index < -0.39 is 17.9 Å². The van der Waals surface area contributed by atoms with E-state index >= 15 is 0 Å². The van der Waals surface area contributed by atoms with Crippen molar-refractivity contribution in [1.29, 1.82) is 0 Å². The molecule has 26 heavy (non-hydrogen) atoms. The predicted molar refractivity (Wildman–Crippen MR) is 93.8 cm³/mol. The van der Waals surface area contributed by atoms with Crippen molar-refractivity contribution in [2.75, 3.05) is 0 Å². The van der Waals surface area contributed by atoms with Crippen LogP contribution in [0.1, 0.15) is 16.8 Å². The lowest BCUT2D eigenvalue weighted by Crippen LogP contribution is -2.43.